The number of carbonyl (C=O) groups excluding carboxylic acids is 1. The fourth-order valence-electron chi connectivity index (χ4n) is 4.70. The molecule has 1 atom stereocenters. The highest BCUT2D eigenvalue weighted by molar-refractivity contribution is 5.86. The summed E-state index contributed by atoms with van der Waals surface area (Å²) in [5.74, 6) is 0.772. The minimum atomic E-state index is -1.16. The molecule has 1 saturated heterocycles. The number of piperidine rings is 1. The summed E-state index contributed by atoms with van der Waals surface area (Å²) in [6.45, 7) is 2.11. The molecular formula is C19H34N2O2. The topological polar surface area (TPSA) is 52.6 Å². The average Bonchev–Trinajstić information content (AvgIpc) is 3.09. The van der Waals surface area contributed by atoms with Gasteiger partial charge in [0.25, 0.3) is 5.91 Å². The number of likely N-dealkylation sites (tertiary alicyclic amines) is 1. The summed E-state index contributed by atoms with van der Waals surface area (Å²) >= 11 is 0. The van der Waals surface area contributed by atoms with Crippen molar-refractivity contribution in [2.24, 2.45) is 5.92 Å². The molecule has 3 aliphatic rings. The molecule has 4 heteroatoms. The van der Waals surface area contributed by atoms with Gasteiger partial charge < -0.3 is 15.3 Å². The fourth-order valence-corrected chi connectivity index (χ4v) is 4.70. The second-order valence-electron chi connectivity index (χ2n) is 8.08. The zero-order chi connectivity index (χ0) is 16.1. The molecule has 0 aromatic heterocycles. The molecule has 0 aromatic carbocycles. The number of hydrogen-bond acceptors (Lipinski definition) is 3. The number of nitrogens with one attached hydrogen (secondary N) is 1. The Morgan fingerprint density at radius 3 is 2.48 bits per heavy atom. The van der Waals surface area contributed by atoms with Crippen LogP contribution in [0.15, 0.2) is 0 Å². The van der Waals surface area contributed by atoms with Gasteiger partial charge in [0.2, 0.25) is 0 Å². The van der Waals surface area contributed by atoms with Crippen molar-refractivity contribution in [3.63, 3.8) is 0 Å². The Hall–Kier alpha value is -0.610. The van der Waals surface area contributed by atoms with Crippen LogP contribution in [0, 0.1) is 5.92 Å². The van der Waals surface area contributed by atoms with Gasteiger partial charge in [0.05, 0.1) is 0 Å². The van der Waals surface area contributed by atoms with Crippen molar-refractivity contribution in [2.75, 3.05) is 19.6 Å². The lowest BCUT2D eigenvalue weighted by atomic mass is 9.86. The van der Waals surface area contributed by atoms with E-state index in [0.717, 1.165) is 31.8 Å². The van der Waals surface area contributed by atoms with Gasteiger partial charge in [0, 0.05) is 25.7 Å². The summed E-state index contributed by atoms with van der Waals surface area (Å²) in [6, 6.07) is 0.504. The van der Waals surface area contributed by atoms with Crippen LogP contribution >= 0.6 is 0 Å². The van der Waals surface area contributed by atoms with E-state index in [-0.39, 0.29) is 5.91 Å². The molecule has 0 unspecified atom stereocenters. The van der Waals surface area contributed by atoms with Crippen LogP contribution in [-0.4, -0.2) is 47.2 Å². The van der Waals surface area contributed by atoms with E-state index >= 15 is 0 Å². The summed E-state index contributed by atoms with van der Waals surface area (Å²) < 4.78 is 0. The second kappa shape index (κ2) is 7.98. The molecule has 1 heterocycles. The zero-order valence-corrected chi connectivity index (χ0v) is 14.6. The van der Waals surface area contributed by atoms with Crippen LogP contribution in [0.4, 0.5) is 0 Å². The molecule has 4 nitrogen and oxygen atoms in total. The van der Waals surface area contributed by atoms with E-state index in [2.05, 4.69) is 5.32 Å². The molecular weight excluding hydrogens is 288 g/mol. The van der Waals surface area contributed by atoms with Crippen LogP contribution < -0.4 is 5.32 Å². The fraction of sp³-hybridized carbons (Fsp3) is 0.947. The third-order valence-electron chi connectivity index (χ3n) is 6.27. The summed E-state index contributed by atoms with van der Waals surface area (Å²) in [6.07, 6.45) is 14.3. The van der Waals surface area contributed by atoms with Crippen molar-refractivity contribution in [1.82, 2.24) is 10.2 Å². The third-order valence-corrected chi connectivity index (χ3v) is 6.27. The van der Waals surface area contributed by atoms with E-state index in [0.29, 0.717) is 19.0 Å². The van der Waals surface area contributed by atoms with E-state index in [1.807, 2.05) is 4.90 Å². The number of carbonyl (C=O) groups is 1. The number of hydrogen-bond donors (Lipinski definition) is 2. The molecule has 23 heavy (non-hydrogen) atoms. The molecule has 3 rings (SSSR count). The van der Waals surface area contributed by atoms with Gasteiger partial charge in [-0.25, -0.2) is 0 Å². The third kappa shape index (κ3) is 4.48. The molecule has 2 aliphatic carbocycles. The van der Waals surface area contributed by atoms with Gasteiger partial charge in [-0.2, -0.15) is 0 Å². The maximum Gasteiger partial charge on any atom is 0.255 e. The normalized spacial score (nSPS) is 31.0. The van der Waals surface area contributed by atoms with Gasteiger partial charge in [-0.05, 0) is 38.0 Å². The average molecular weight is 322 g/mol. The SMILES string of the molecule is O=C1N(CCC2CCCCC2)CCC[C@@]1(O)CNC1CCCC1. The Bertz CT molecular complexity index is 389. The highest BCUT2D eigenvalue weighted by atomic mass is 16.3. The van der Waals surface area contributed by atoms with Crippen molar-refractivity contribution >= 4 is 5.91 Å². The van der Waals surface area contributed by atoms with Gasteiger partial charge >= 0.3 is 0 Å². The van der Waals surface area contributed by atoms with Gasteiger partial charge in [-0.15, -0.1) is 0 Å². The first-order chi connectivity index (χ1) is 11.2. The molecule has 0 spiro atoms. The second-order valence-corrected chi connectivity index (χ2v) is 8.08. The Morgan fingerprint density at radius 1 is 1.04 bits per heavy atom. The van der Waals surface area contributed by atoms with Gasteiger partial charge in [-0.3, -0.25) is 4.79 Å². The highest BCUT2D eigenvalue weighted by Crippen LogP contribution is 2.28. The number of aliphatic hydroxyl groups is 1. The molecule has 2 N–H and O–H groups in total. The minimum absolute atomic E-state index is 0.0231. The van der Waals surface area contributed by atoms with Crippen molar-refractivity contribution < 1.29 is 9.90 Å². The number of amides is 1. The molecule has 0 aromatic rings. The maximum atomic E-state index is 12.8. The summed E-state index contributed by atoms with van der Waals surface area (Å²) in [5.41, 5.74) is -1.16. The summed E-state index contributed by atoms with van der Waals surface area (Å²) in [4.78, 5) is 14.7. The van der Waals surface area contributed by atoms with Crippen LogP contribution in [0.2, 0.25) is 0 Å². The molecule has 132 valence electrons. The molecule has 3 fully saturated rings. The van der Waals surface area contributed by atoms with E-state index in [1.54, 1.807) is 0 Å². The van der Waals surface area contributed by atoms with Gasteiger partial charge in [-0.1, -0.05) is 44.9 Å². The Morgan fingerprint density at radius 2 is 1.74 bits per heavy atom. The first-order valence-electron chi connectivity index (χ1n) is 9.92. The van der Waals surface area contributed by atoms with Crippen molar-refractivity contribution in [1.29, 1.82) is 0 Å². The number of nitrogens with zero attached hydrogens (tertiary/aromatic N) is 1. The Balaban J connectivity index is 1.47. The summed E-state index contributed by atoms with van der Waals surface area (Å²) in [5, 5.41) is 14.3. The van der Waals surface area contributed by atoms with Crippen molar-refractivity contribution in [2.45, 2.75) is 88.7 Å². The summed E-state index contributed by atoms with van der Waals surface area (Å²) in [7, 11) is 0. The zero-order valence-electron chi connectivity index (χ0n) is 14.6. The molecule has 1 aliphatic heterocycles. The van der Waals surface area contributed by atoms with Crippen molar-refractivity contribution in [3.05, 3.63) is 0 Å². The van der Waals surface area contributed by atoms with Crippen LogP contribution in [0.5, 0.6) is 0 Å². The Kier molecular flexibility index (Phi) is 5.97. The Labute approximate surface area is 141 Å². The quantitative estimate of drug-likeness (QED) is 0.790. The van der Waals surface area contributed by atoms with Crippen molar-refractivity contribution in [3.8, 4) is 0 Å². The van der Waals surface area contributed by atoms with Crippen LogP contribution in [0.1, 0.15) is 77.0 Å². The smallest absolute Gasteiger partial charge is 0.255 e. The molecule has 0 bridgehead atoms. The lowest BCUT2D eigenvalue weighted by Crippen LogP contribution is -2.59. The highest BCUT2D eigenvalue weighted by Gasteiger charge is 2.42. The molecule has 0 radical (unpaired) electrons. The maximum absolute atomic E-state index is 12.8. The largest absolute Gasteiger partial charge is 0.379 e. The standard InChI is InChI=1S/C19H34N2O2/c22-18-19(23,15-20-17-9-4-5-10-17)12-6-13-21(18)14-11-16-7-2-1-3-8-16/h16-17,20,23H,1-15H2/t19-/m1/s1. The lowest BCUT2D eigenvalue weighted by molar-refractivity contribution is -0.156. The first kappa shape index (κ1) is 17.2. The monoisotopic (exact) mass is 322 g/mol. The van der Waals surface area contributed by atoms with E-state index in [4.69, 9.17) is 0 Å². The van der Waals surface area contributed by atoms with E-state index < -0.39 is 5.60 Å². The first-order valence-corrected chi connectivity index (χ1v) is 9.92. The number of rotatable bonds is 6. The van der Waals surface area contributed by atoms with Crippen LogP contribution in [0.25, 0.3) is 0 Å². The van der Waals surface area contributed by atoms with Crippen LogP contribution in [-0.2, 0) is 4.79 Å². The molecule has 2 saturated carbocycles. The van der Waals surface area contributed by atoms with Gasteiger partial charge in [0.15, 0.2) is 5.60 Å². The predicted molar refractivity (Wildman–Crippen MR) is 92.2 cm³/mol. The van der Waals surface area contributed by atoms with Crippen LogP contribution in [0.3, 0.4) is 0 Å². The minimum Gasteiger partial charge on any atom is -0.379 e. The lowest BCUT2D eigenvalue weighted by Gasteiger charge is -2.39. The van der Waals surface area contributed by atoms with E-state index in [9.17, 15) is 9.90 Å². The molecule has 1 amide bonds. The van der Waals surface area contributed by atoms with E-state index in [1.165, 1.54) is 57.8 Å². The van der Waals surface area contributed by atoms with Gasteiger partial charge in [0.1, 0.15) is 0 Å². The predicted octanol–water partition coefficient (Wildman–Crippen LogP) is 2.84.